The van der Waals surface area contributed by atoms with Crippen LogP contribution in [0.5, 0.6) is 0 Å². The van der Waals surface area contributed by atoms with Gasteiger partial charge >= 0.3 is 12.1 Å². The highest BCUT2D eigenvalue weighted by Gasteiger charge is 2.61. The number of nitrogens with zero attached hydrogens (tertiary/aromatic N) is 2. The highest BCUT2D eigenvalue weighted by molar-refractivity contribution is 6.34. The number of hydrogen-bond donors (Lipinski definition) is 0. The molecule has 0 amide bonds. The van der Waals surface area contributed by atoms with E-state index >= 15 is 0 Å². The Kier molecular flexibility index (Phi) is 3.32. The maximum atomic E-state index is 13.5. The number of rotatable bonds is 1. The maximum absolute atomic E-state index is 13.5. The molecule has 1 heterocycles. The molecule has 2 rings (SSSR count). The Balaban J connectivity index is 2.80. The average molecular weight is 315 g/mol. The summed E-state index contributed by atoms with van der Waals surface area (Å²) in [5.74, 6) is -8.26. The summed E-state index contributed by atoms with van der Waals surface area (Å²) >= 11 is 5.58. The lowest BCUT2D eigenvalue weighted by Gasteiger charge is -2.18. The molecule has 20 heavy (non-hydrogen) atoms. The van der Waals surface area contributed by atoms with Crippen LogP contribution in [0, 0.1) is 12.7 Å². The van der Waals surface area contributed by atoms with Gasteiger partial charge in [-0.2, -0.15) is 22.0 Å². The van der Waals surface area contributed by atoms with Crippen LogP contribution >= 0.6 is 11.6 Å². The molecule has 108 valence electrons. The second-order valence-corrected chi connectivity index (χ2v) is 4.36. The van der Waals surface area contributed by atoms with Crippen LogP contribution in [-0.2, 0) is 5.92 Å². The van der Waals surface area contributed by atoms with Gasteiger partial charge in [0.05, 0.1) is 0 Å². The van der Waals surface area contributed by atoms with E-state index in [1.807, 2.05) is 0 Å². The van der Waals surface area contributed by atoms with E-state index < -0.39 is 34.4 Å². The first-order chi connectivity index (χ1) is 9.05. The van der Waals surface area contributed by atoms with Crippen molar-refractivity contribution in [1.29, 1.82) is 0 Å². The number of hydrogen-bond acceptors (Lipinski definition) is 2. The summed E-state index contributed by atoms with van der Waals surface area (Å²) in [7, 11) is 0. The summed E-state index contributed by atoms with van der Waals surface area (Å²) in [4.78, 5) is 5.95. The second-order valence-electron chi connectivity index (χ2n) is 4.00. The van der Waals surface area contributed by atoms with Crippen LogP contribution in [0.4, 0.5) is 26.3 Å². The molecule has 0 N–H and O–H groups in total. The van der Waals surface area contributed by atoms with E-state index in [0.29, 0.717) is 5.56 Å². The molecule has 0 radical (unpaired) electrons. The van der Waals surface area contributed by atoms with E-state index in [-0.39, 0.29) is 5.39 Å². The molecule has 0 atom stereocenters. The molecule has 2 nitrogen and oxygen atoms in total. The van der Waals surface area contributed by atoms with E-state index in [0.717, 1.165) is 6.07 Å². The molecule has 1 aromatic carbocycles. The lowest BCUT2D eigenvalue weighted by molar-refractivity contribution is -0.292. The number of halogens is 7. The van der Waals surface area contributed by atoms with E-state index in [1.165, 1.54) is 13.0 Å². The van der Waals surface area contributed by atoms with Crippen LogP contribution in [0.3, 0.4) is 0 Å². The first-order valence-corrected chi connectivity index (χ1v) is 5.51. The Bertz CT molecular complexity index is 683. The largest absolute Gasteiger partial charge is 0.461 e. The van der Waals surface area contributed by atoms with Crippen LogP contribution in [0.25, 0.3) is 10.9 Å². The second kappa shape index (κ2) is 4.47. The van der Waals surface area contributed by atoms with Crippen molar-refractivity contribution in [3.05, 3.63) is 34.5 Å². The zero-order valence-corrected chi connectivity index (χ0v) is 10.5. The first-order valence-electron chi connectivity index (χ1n) is 5.13. The van der Waals surface area contributed by atoms with Gasteiger partial charge in [0.15, 0.2) is 0 Å². The molecule has 0 aliphatic rings. The highest BCUT2D eigenvalue weighted by atomic mass is 35.5. The first kappa shape index (κ1) is 14.8. The third kappa shape index (κ3) is 2.17. The Morgan fingerprint density at radius 1 is 1.05 bits per heavy atom. The third-order valence-electron chi connectivity index (χ3n) is 2.60. The number of aryl methyl sites for hydroxylation is 1. The standard InChI is InChI=1S/C11H5ClF6N2/c1-4-2-3-5(13)7-6(4)8(12)20-9(19-7)10(14,15)11(16,17)18/h2-3H,1H3. The summed E-state index contributed by atoms with van der Waals surface area (Å²) in [6.45, 7) is 1.47. The Morgan fingerprint density at radius 2 is 1.65 bits per heavy atom. The quantitative estimate of drug-likeness (QED) is 0.576. The zero-order valence-electron chi connectivity index (χ0n) is 9.69. The molecule has 0 aliphatic heterocycles. The molecular weight excluding hydrogens is 310 g/mol. The predicted molar refractivity (Wildman–Crippen MR) is 59.2 cm³/mol. The highest BCUT2D eigenvalue weighted by Crippen LogP contribution is 2.43. The summed E-state index contributed by atoms with van der Waals surface area (Å²) < 4.78 is 76.7. The predicted octanol–water partition coefficient (Wildman–Crippen LogP) is 4.38. The van der Waals surface area contributed by atoms with Crippen molar-refractivity contribution in [2.75, 3.05) is 0 Å². The minimum atomic E-state index is -5.90. The summed E-state index contributed by atoms with van der Waals surface area (Å²) in [5, 5.41) is -0.765. The van der Waals surface area contributed by atoms with Crippen LogP contribution in [0.1, 0.15) is 11.4 Å². The monoisotopic (exact) mass is 314 g/mol. The van der Waals surface area contributed by atoms with Crippen LogP contribution in [-0.4, -0.2) is 16.1 Å². The van der Waals surface area contributed by atoms with Gasteiger partial charge in [0.1, 0.15) is 16.5 Å². The molecule has 0 saturated carbocycles. The Morgan fingerprint density at radius 3 is 2.20 bits per heavy atom. The van der Waals surface area contributed by atoms with E-state index in [1.54, 1.807) is 0 Å². The fourth-order valence-corrected chi connectivity index (χ4v) is 1.90. The molecule has 2 aromatic rings. The molecule has 1 aromatic heterocycles. The number of fused-ring (bicyclic) bond motifs is 1. The van der Waals surface area contributed by atoms with Crippen molar-refractivity contribution < 1.29 is 26.3 Å². The zero-order chi connectivity index (χ0) is 15.3. The SMILES string of the molecule is Cc1ccc(F)c2nc(C(F)(F)C(F)(F)F)nc(Cl)c12. The summed E-state index contributed by atoms with van der Waals surface area (Å²) in [5.41, 5.74) is -0.322. The number of aromatic nitrogens is 2. The molecule has 0 bridgehead atoms. The fourth-order valence-electron chi connectivity index (χ4n) is 1.58. The molecule has 0 fully saturated rings. The van der Waals surface area contributed by atoms with E-state index in [4.69, 9.17) is 11.6 Å². The molecule has 0 spiro atoms. The average Bonchev–Trinajstić information content (AvgIpc) is 2.31. The maximum Gasteiger partial charge on any atom is 0.461 e. The van der Waals surface area contributed by atoms with Crippen LogP contribution in [0.15, 0.2) is 12.1 Å². The smallest absolute Gasteiger partial charge is 0.223 e. The third-order valence-corrected chi connectivity index (χ3v) is 2.88. The molecule has 0 unspecified atom stereocenters. The van der Waals surface area contributed by atoms with Crippen molar-refractivity contribution in [3.8, 4) is 0 Å². The number of benzene rings is 1. The van der Waals surface area contributed by atoms with E-state index in [2.05, 4.69) is 9.97 Å². The summed E-state index contributed by atoms with van der Waals surface area (Å²) in [6.07, 6.45) is -5.90. The van der Waals surface area contributed by atoms with E-state index in [9.17, 15) is 26.3 Å². The molecule has 0 saturated heterocycles. The Hall–Kier alpha value is -1.57. The topological polar surface area (TPSA) is 25.8 Å². The van der Waals surface area contributed by atoms with Gasteiger partial charge in [0, 0.05) is 5.39 Å². The van der Waals surface area contributed by atoms with Gasteiger partial charge in [0.2, 0.25) is 5.82 Å². The lowest BCUT2D eigenvalue weighted by Crippen LogP contribution is -2.35. The van der Waals surface area contributed by atoms with Crippen LogP contribution < -0.4 is 0 Å². The van der Waals surface area contributed by atoms with Gasteiger partial charge in [-0.3, -0.25) is 0 Å². The van der Waals surface area contributed by atoms with Gasteiger partial charge in [-0.25, -0.2) is 14.4 Å². The molecule has 9 heteroatoms. The number of alkyl halides is 5. The Labute approximate surface area is 113 Å². The fraction of sp³-hybridized carbons (Fsp3) is 0.273. The normalized spacial score (nSPS) is 13.0. The van der Waals surface area contributed by atoms with Gasteiger partial charge < -0.3 is 0 Å². The van der Waals surface area contributed by atoms with Crippen molar-refractivity contribution in [3.63, 3.8) is 0 Å². The van der Waals surface area contributed by atoms with Crippen molar-refractivity contribution >= 4 is 22.5 Å². The van der Waals surface area contributed by atoms with Gasteiger partial charge in [-0.05, 0) is 18.6 Å². The minimum Gasteiger partial charge on any atom is -0.223 e. The van der Waals surface area contributed by atoms with Gasteiger partial charge in [-0.15, -0.1) is 0 Å². The molecule has 0 aliphatic carbocycles. The van der Waals surface area contributed by atoms with Crippen molar-refractivity contribution in [1.82, 2.24) is 9.97 Å². The van der Waals surface area contributed by atoms with Crippen molar-refractivity contribution in [2.45, 2.75) is 19.0 Å². The minimum absolute atomic E-state index is 0.103. The summed E-state index contributed by atoms with van der Waals surface area (Å²) in [6, 6.07) is 2.19. The lowest BCUT2D eigenvalue weighted by atomic mass is 10.1. The van der Waals surface area contributed by atoms with Crippen LogP contribution in [0.2, 0.25) is 5.15 Å². The van der Waals surface area contributed by atoms with Gasteiger partial charge in [0.25, 0.3) is 0 Å². The van der Waals surface area contributed by atoms with Crippen molar-refractivity contribution in [2.24, 2.45) is 0 Å². The molecular formula is C11H5ClF6N2. The van der Waals surface area contributed by atoms with Gasteiger partial charge in [-0.1, -0.05) is 17.7 Å².